The Morgan fingerprint density at radius 2 is 2.12 bits per heavy atom. The molecule has 0 bridgehead atoms. The third kappa shape index (κ3) is 2.51. The van der Waals surface area contributed by atoms with Crippen LogP contribution in [0.25, 0.3) is 5.52 Å². The SMILES string of the molecule is Cc1ccc([N+](=O)[O-])cc1Nc1ncnn2cc(C(=O)O)c(C)c12. The molecule has 24 heavy (non-hydrogen) atoms. The standard InChI is InChI=1S/C15H13N5O4/c1-8-3-4-10(20(23)24)5-12(8)18-14-13-9(2)11(15(21)22)6-19(13)17-7-16-14/h3-7H,1-2H3,(H,21,22)(H,16,17,18). The number of nitro groups is 1. The Morgan fingerprint density at radius 1 is 1.38 bits per heavy atom. The highest BCUT2D eigenvalue weighted by atomic mass is 16.6. The third-order valence-corrected chi connectivity index (χ3v) is 3.74. The van der Waals surface area contributed by atoms with Gasteiger partial charge < -0.3 is 10.4 Å². The monoisotopic (exact) mass is 327 g/mol. The van der Waals surface area contributed by atoms with Gasteiger partial charge in [0.1, 0.15) is 11.8 Å². The summed E-state index contributed by atoms with van der Waals surface area (Å²) in [5, 5.41) is 27.2. The first-order valence-corrected chi connectivity index (χ1v) is 6.97. The van der Waals surface area contributed by atoms with Gasteiger partial charge in [-0.2, -0.15) is 5.10 Å². The second-order valence-corrected chi connectivity index (χ2v) is 5.26. The summed E-state index contributed by atoms with van der Waals surface area (Å²) < 4.78 is 1.42. The number of hydrogen-bond donors (Lipinski definition) is 2. The molecular formula is C15H13N5O4. The first kappa shape index (κ1) is 15.4. The molecule has 2 heterocycles. The number of carboxylic acid groups (broad SMARTS) is 1. The molecule has 0 spiro atoms. The molecule has 0 aliphatic heterocycles. The van der Waals surface area contributed by atoms with Crippen LogP contribution in [0.5, 0.6) is 0 Å². The summed E-state index contributed by atoms with van der Waals surface area (Å²) in [7, 11) is 0. The van der Waals surface area contributed by atoms with E-state index in [1.807, 2.05) is 0 Å². The van der Waals surface area contributed by atoms with E-state index in [-0.39, 0.29) is 11.3 Å². The Balaban J connectivity index is 2.13. The molecule has 0 amide bonds. The normalized spacial score (nSPS) is 10.8. The van der Waals surface area contributed by atoms with Crippen LogP contribution in [-0.4, -0.2) is 30.6 Å². The largest absolute Gasteiger partial charge is 0.478 e. The minimum absolute atomic E-state index is 0.0495. The molecular weight excluding hydrogens is 314 g/mol. The molecule has 3 aromatic rings. The molecule has 0 fully saturated rings. The number of rotatable bonds is 4. The van der Waals surface area contributed by atoms with Gasteiger partial charge in [0.25, 0.3) is 5.69 Å². The van der Waals surface area contributed by atoms with Crippen LogP contribution in [0.15, 0.2) is 30.7 Å². The van der Waals surface area contributed by atoms with Gasteiger partial charge in [0.2, 0.25) is 0 Å². The fraction of sp³-hybridized carbons (Fsp3) is 0.133. The summed E-state index contributed by atoms with van der Waals surface area (Å²) >= 11 is 0. The van der Waals surface area contributed by atoms with E-state index in [0.29, 0.717) is 22.6 Å². The van der Waals surface area contributed by atoms with Gasteiger partial charge in [-0.3, -0.25) is 10.1 Å². The maximum absolute atomic E-state index is 11.3. The summed E-state index contributed by atoms with van der Waals surface area (Å²) in [6.07, 6.45) is 2.69. The molecule has 0 atom stereocenters. The maximum atomic E-state index is 11.3. The summed E-state index contributed by atoms with van der Waals surface area (Å²) in [6, 6.07) is 4.46. The Kier molecular flexibility index (Phi) is 3.60. The maximum Gasteiger partial charge on any atom is 0.337 e. The van der Waals surface area contributed by atoms with Crippen LogP contribution < -0.4 is 5.32 Å². The Bertz CT molecular complexity index is 979. The molecule has 0 aliphatic rings. The van der Waals surface area contributed by atoms with E-state index in [0.717, 1.165) is 5.56 Å². The van der Waals surface area contributed by atoms with E-state index in [9.17, 15) is 20.0 Å². The van der Waals surface area contributed by atoms with E-state index >= 15 is 0 Å². The molecule has 9 nitrogen and oxygen atoms in total. The first-order valence-electron chi connectivity index (χ1n) is 6.97. The van der Waals surface area contributed by atoms with Crippen molar-refractivity contribution in [3.05, 3.63) is 57.5 Å². The second kappa shape index (κ2) is 5.61. The number of benzene rings is 1. The van der Waals surface area contributed by atoms with Gasteiger partial charge in [-0.05, 0) is 25.0 Å². The van der Waals surface area contributed by atoms with Crippen LogP contribution >= 0.6 is 0 Å². The van der Waals surface area contributed by atoms with Crippen molar-refractivity contribution in [3.63, 3.8) is 0 Å². The highest BCUT2D eigenvalue weighted by Gasteiger charge is 2.18. The van der Waals surface area contributed by atoms with E-state index in [4.69, 9.17) is 0 Å². The third-order valence-electron chi connectivity index (χ3n) is 3.74. The number of anilines is 2. The summed E-state index contributed by atoms with van der Waals surface area (Å²) in [6.45, 7) is 3.46. The molecule has 0 saturated heterocycles. The van der Waals surface area contributed by atoms with Crippen LogP contribution in [0, 0.1) is 24.0 Å². The predicted molar refractivity (Wildman–Crippen MR) is 85.8 cm³/mol. The van der Waals surface area contributed by atoms with Crippen LogP contribution in [-0.2, 0) is 0 Å². The van der Waals surface area contributed by atoms with Crippen molar-refractivity contribution in [2.45, 2.75) is 13.8 Å². The Labute approximate surface area is 135 Å². The molecule has 0 radical (unpaired) electrons. The van der Waals surface area contributed by atoms with Gasteiger partial charge in [-0.15, -0.1) is 0 Å². The van der Waals surface area contributed by atoms with Crippen LogP contribution in [0.1, 0.15) is 21.5 Å². The number of carbonyl (C=O) groups is 1. The highest BCUT2D eigenvalue weighted by Crippen LogP contribution is 2.28. The van der Waals surface area contributed by atoms with Gasteiger partial charge >= 0.3 is 5.97 Å². The fourth-order valence-corrected chi connectivity index (χ4v) is 2.45. The van der Waals surface area contributed by atoms with Crippen LogP contribution in [0.4, 0.5) is 17.2 Å². The number of nitrogens with zero attached hydrogens (tertiary/aromatic N) is 4. The lowest BCUT2D eigenvalue weighted by Gasteiger charge is -2.10. The lowest BCUT2D eigenvalue weighted by atomic mass is 10.1. The molecule has 0 aliphatic carbocycles. The highest BCUT2D eigenvalue weighted by molar-refractivity contribution is 5.94. The molecule has 1 aromatic carbocycles. The number of nitro benzene ring substituents is 1. The Hall–Kier alpha value is -3.49. The number of hydrogen-bond acceptors (Lipinski definition) is 6. The van der Waals surface area contributed by atoms with Crippen molar-refractivity contribution in [2.24, 2.45) is 0 Å². The summed E-state index contributed by atoms with van der Waals surface area (Å²) in [5.74, 6) is -0.686. The fourth-order valence-electron chi connectivity index (χ4n) is 2.45. The number of carboxylic acids is 1. The van der Waals surface area contributed by atoms with Gasteiger partial charge in [-0.25, -0.2) is 14.3 Å². The molecule has 0 saturated carbocycles. The van der Waals surface area contributed by atoms with E-state index in [1.54, 1.807) is 19.9 Å². The van der Waals surface area contributed by atoms with E-state index in [1.165, 1.54) is 29.2 Å². The van der Waals surface area contributed by atoms with Gasteiger partial charge in [0.05, 0.1) is 10.5 Å². The minimum atomic E-state index is -1.06. The second-order valence-electron chi connectivity index (χ2n) is 5.26. The van der Waals surface area contributed by atoms with E-state index in [2.05, 4.69) is 15.4 Å². The first-order chi connectivity index (χ1) is 11.4. The molecule has 0 unspecified atom stereocenters. The topological polar surface area (TPSA) is 123 Å². The summed E-state index contributed by atoms with van der Waals surface area (Å²) in [4.78, 5) is 25.9. The molecule has 2 N–H and O–H groups in total. The van der Waals surface area contributed by atoms with Crippen molar-refractivity contribution in [1.29, 1.82) is 0 Å². The van der Waals surface area contributed by atoms with Crippen molar-refractivity contribution in [3.8, 4) is 0 Å². The molecule has 122 valence electrons. The quantitative estimate of drug-likeness (QED) is 0.558. The smallest absolute Gasteiger partial charge is 0.337 e. The number of aromatic nitrogens is 3. The van der Waals surface area contributed by atoms with Crippen molar-refractivity contribution in [1.82, 2.24) is 14.6 Å². The zero-order chi connectivity index (χ0) is 17.4. The van der Waals surface area contributed by atoms with Gasteiger partial charge in [0, 0.05) is 24.0 Å². The predicted octanol–water partition coefficient (Wildman–Crippen LogP) is 2.70. The molecule has 9 heteroatoms. The van der Waals surface area contributed by atoms with Gasteiger partial charge in [-0.1, -0.05) is 6.07 Å². The average molecular weight is 327 g/mol. The molecule has 2 aromatic heterocycles. The zero-order valence-corrected chi connectivity index (χ0v) is 12.8. The lowest BCUT2D eigenvalue weighted by molar-refractivity contribution is -0.384. The van der Waals surface area contributed by atoms with Crippen molar-refractivity contribution in [2.75, 3.05) is 5.32 Å². The minimum Gasteiger partial charge on any atom is -0.478 e. The number of fused-ring (bicyclic) bond motifs is 1. The lowest BCUT2D eigenvalue weighted by Crippen LogP contribution is -2.02. The number of aromatic carboxylic acids is 1. The van der Waals surface area contributed by atoms with E-state index < -0.39 is 10.9 Å². The van der Waals surface area contributed by atoms with Crippen molar-refractivity contribution >= 4 is 28.7 Å². The molecule has 3 rings (SSSR count). The Morgan fingerprint density at radius 3 is 2.79 bits per heavy atom. The van der Waals surface area contributed by atoms with Crippen molar-refractivity contribution < 1.29 is 14.8 Å². The number of non-ortho nitro benzene ring substituents is 1. The number of nitrogens with one attached hydrogen (secondary N) is 1. The zero-order valence-electron chi connectivity index (χ0n) is 12.8. The summed E-state index contributed by atoms with van der Waals surface area (Å²) in [5.41, 5.74) is 2.39. The average Bonchev–Trinajstić information content (AvgIpc) is 2.87. The number of aryl methyl sites for hydroxylation is 2. The van der Waals surface area contributed by atoms with Gasteiger partial charge in [0.15, 0.2) is 5.82 Å². The van der Waals surface area contributed by atoms with Crippen LogP contribution in [0.2, 0.25) is 0 Å². The van der Waals surface area contributed by atoms with Crippen LogP contribution in [0.3, 0.4) is 0 Å².